The lowest BCUT2D eigenvalue weighted by molar-refractivity contribution is 0.0761. The third kappa shape index (κ3) is 4.44. The number of carbonyl (C=O) groups is 1. The monoisotopic (exact) mass is 240 g/mol. The largest absolute Gasteiger partial charge is 0.373 e. The molecule has 1 rings (SSSR count). The fraction of sp³-hybridized carbons (Fsp3) is 0.308. The number of benzene rings is 1. The maximum Gasteiger partial charge on any atom is 0.191 e. The lowest BCUT2D eigenvalue weighted by atomic mass is 10.1. The summed E-state index contributed by atoms with van der Waals surface area (Å²) in [7, 11) is 0. The van der Waals surface area contributed by atoms with Crippen molar-refractivity contribution in [1.29, 1.82) is 0 Å². The van der Waals surface area contributed by atoms with Crippen LogP contribution in [-0.4, -0.2) is 19.0 Å². The molecule has 0 bridgehead atoms. The van der Waals surface area contributed by atoms with Crippen LogP contribution in [0.1, 0.15) is 23.7 Å². The van der Waals surface area contributed by atoms with Crippen molar-refractivity contribution >= 4 is 5.78 Å². The molecule has 0 saturated carbocycles. The van der Waals surface area contributed by atoms with Crippen LogP contribution in [0.4, 0.5) is 8.78 Å². The summed E-state index contributed by atoms with van der Waals surface area (Å²) in [4.78, 5) is 11.5. The van der Waals surface area contributed by atoms with Crippen molar-refractivity contribution in [3.8, 4) is 0 Å². The number of ketones is 1. The van der Waals surface area contributed by atoms with E-state index in [4.69, 9.17) is 4.74 Å². The third-order valence-corrected chi connectivity index (χ3v) is 2.14. The van der Waals surface area contributed by atoms with Gasteiger partial charge in [0.2, 0.25) is 0 Å². The average molecular weight is 240 g/mol. The van der Waals surface area contributed by atoms with Gasteiger partial charge in [-0.05, 0) is 31.5 Å². The number of halogens is 2. The SMILES string of the molecule is C=C(C)CCOCC(=O)c1cc(F)ccc1F. The van der Waals surface area contributed by atoms with Gasteiger partial charge in [-0.25, -0.2) is 8.78 Å². The second-order valence-electron chi connectivity index (χ2n) is 3.81. The molecule has 92 valence electrons. The molecule has 1 aromatic carbocycles. The summed E-state index contributed by atoms with van der Waals surface area (Å²) in [5.74, 6) is -1.94. The van der Waals surface area contributed by atoms with E-state index in [2.05, 4.69) is 6.58 Å². The molecular weight excluding hydrogens is 226 g/mol. The van der Waals surface area contributed by atoms with Crippen molar-refractivity contribution in [3.63, 3.8) is 0 Å². The van der Waals surface area contributed by atoms with E-state index in [0.717, 1.165) is 23.8 Å². The van der Waals surface area contributed by atoms with Gasteiger partial charge in [-0.3, -0.25) is 4.79 Å². The van der Waals surface area contributed by atoms with Gasteiger partial charge in [-0.1, -0.05) is 5.57 Å². The Labute approximate surface area is 98.9 Å². The van der Waals surface area contributed by atoms with Gasteiger partial charge < -0.3 is 4.74 Å². The lowest BCUT2D eigenvalue weighted by Crippen LogP contribution is -2.12. The van der Waals surface area contributed by atoms with E-state index >= 15 is 0 Å². The first kappa shape index (κ1) is 13.5. The molecule has 0 aliphatic rings. The Morgan fingerprint density at radius 1 is 1.41 bits per heavy atom. The number of Topliss-reactive ketones (excluding diaryl/α,β-unsaturated/α-hetero) is 1. The van der Waals surface area contributed by atoms with E-state index in [0.29, 0.717) is 13.0 Å². The highest BCUT2D eigenvalue weighted by atomic mass is 19.1. The zero-order valence-corrected chi connectivity index (χ0v) is 9.63. The first-order chi connectivity index (χ1) is 8.00. The predicted molar refractivity (Wildman–Crippen MR) is 60.9 cm³/mol. The molecule has 1 aromatic rings. The molecule has 0 aliphatic carbocycles. The van der Waals surface area contributed by atoms with Crippen LogP contribution in [0, 0.1) is 11.6 Å². The Bertz CT molecular complexity index is 427. The Kier molecular flexibility index (Phi) is 4.97. The van der Waals surface area contributed by atoms with Gasteiger partial charge in [-0.15, -0.1) is 6.58 Å². The fourth-order valence-corrected chi connectivity index (χ4v) is 1.20. The van der Waals surface area contributed by atoms with Crippen molar-refractivity contribution in [2.75, 3.05) is 13.2 Å². The average Bonchev–Trinajstić information content (AvgIpc) is 2.27. The summed E-state index contributed by atoms with van der Waals surface area (Å²) >= 11 is 0. The molecule has 0 saturated heterocycles. The van der Waals surface area contributed by atoms with Crippen molar-refractivity contribution in [2.45, 2.75) is 13.3 Å². The van der Waals surface area contributed by atoms with E-state index in [1.165, 1.54) is 0 Å². The van der Waals surface area contributed by atoms with Crippen LogP contribution in [0.3, 0.4) is 0 Å². The number of rotatable bonds is 6. The van der Waals surface area contributed by atoms with Crippen LogP contribution in [0.5, 0.6) is 0 Å². The van der Waals surface area contributed by atoms with Gasteiger partial charge in [0.05, 0.1) is 12.2 Å². The standard InChI is InChI=1S/C13H14F2O2/c1-9(2)5-6-17-8-13(16)11-7-10(14)3-4-12(11)15/h3-4,7H,1,5-6,8H2,2H3. The smallest absolute Gasteiger partial charge is 0.191 e. The fourth-order valence-electron chi connectivity index (χ4n) is 1.20. The van der Waals surface area contributed by atoms with Crippen LogP contribution in [-0.2, 0) is 4.74 Å². The summed E-state index contributed by atoms with van der Waals surface area (Å²) in [5.41, 5.74) is 0.662. The summed E-state index contributed by atoms with van der Waals surface area (Å²) < 4.78 is 31.1. The zero-order chi connectivity index (χ0) is 12.8. The van der Waals surface area contributed by atoms with Gasteiger partial charge in [0.1, 0.15) is 18.2 Å². The Balaban J connectivity index is 2.52. The van der Waals surface area contributed by atoms with E-state index in [9.17, 15) is 13.6 Å². The number of hydrogen-bond acceptors (Lipinski definition) is 2. The van der Waals surface area contributed by atoms with Crippen molar-refractivity contribution < 1.29 is 18.3 Å². The third-order valence-electron chi connectivity index (χ3n) is 2.14. The molecule has 0 N–H and O–H groups in total. The zero-order valence-electron chi connectivity index (χ0n) is 9.63. The second kappa shape index (κ2) is 6.25. The van der Waals surface area contributed by atoms with E-state index in [-0.39, 0.29) is 12.2 Å². The van der Waals surface area contributed by atoms with Crippen molar-refractivity contribution in [2.24, 2.45) is 0 Å². The van der Waals surface area contributed by atoms with Gasteiger partial charge in [0, 0.05) is 0 Å². The highest BCUT2D eigenvalue weighted by Gasteiger charge is 2.12. The summed E-state index contributed by atoms with van der Waals surface area (Å²) in [6, 6.07) is 2.77. The summed E-state index contributed by atoms with van der Waals surface area (Å²) in [6.45, 7) is 5.61. The maximum absolute atomic E-state index is 13.2. The van der Waals surface area contributed by atoms with Crippen LogP contribution in [0.2, 0.25) is 0 Å². The first-order valence-electron chi connectivity index (χ1n) is 5.21. The predicted octanol–water partition coefficient (Wildman–Crippen LogP) is 3.13. The van der Waals surface area contributed by atoms with Gasteiger partial charge >= 0.3 is 0 Å². The van der Waals surface area contributed by atoms with Crippen LogP contribution in [0.15, 0.2) is 30.4 Å². The molecule has 0 heterocycles. The highest BCUT2D eigenvalue weighted by molar-refractivity contribution is 5.97. The van der Waals surface area contributed by atoms with Crippen LogP contribution in [0.25, 0.3) is 0 Å². The van der Waals surface area contributed by atoms with E-state index in [1.54, 1.807) is 0 Å². The van der Waals surface area contributed by atoms with E-state index in [1.807, 2.05) is 6.92 Å². The van der Waals surface area contributed by atoms with Gasteiger partial charge in [0.25, 0.3) is 0 Å². The van der Waals surface area contributed by atoms with E-state index < -0.39 is 17.4 Å². The minimum absolute atomic E-state index is 0.256. The normalized spacial score (nSPS) is 10.3. The highest BCUT2D eigenvalue weighted by Crippen LogP contribution is 2.10. The van der Waals surface area contributed by atoms with Crippen LogP contribution < -0.4 is 0 Å². The molecule has 0 fully saturated rings. The minimum Gasteiger partial charge on any atom is -0.373 e. The topological polar surface area (TPSA) is 26.3 Å². The van der Waals surface area contributed by atoms with Crippen molar-refractivity contribution in [3.05, 3.63) is 47.5 Å². The summed E-state index contributed by atoms with van der Waals surface area (Å²) in [5, 5.41) is 0. The molecule has 0 aromatic heterocycles. The quantitative estimate of drug-likeness (QED) is 0.434. The summed E-state index contributed by atoms with van der Waals surface area (Å²) in [6.07, 6.45) is 0.638. The molecule has 0 unspecified atom stereocenters. The Morgan fingerprint density at radius 3 is 2.76 bits per heavy atom. The molecular formula is C13H14F2O2. The Hall–Kier alpha value is -1.55. The van der Waals surface area contributed by atoms with Gasteiger partial charge in [0.15, 0.2) is 5.78 Å². The lowest BCUT2D eigenvalue weighted by Gasteiger charge is -2.04. The molecule has 2 nitrogen and oxygen atoms in total. The number of carbonyl (C=O) groups excluding carboxylic acids is 1. The van der Waals surface area contributed by atoms with Crippen molar-refractivity contribution in [1.82, 2.24) is 0 Å². The van der Waals surface area contributed by atoms with Crippen LogP contribution >= 0.6 is 0 Å². The molecule has 0 atom stereocenters. The number of hydrogen-bond donors (Lipinski definition) is 0. The molecule has 0 amide bonds. The minimum atomic E-state index is -0.736. The Morgan fingerprint density at radius 2 is 2.12 bits per heavy atom. The number of ether oxygens (including phenoxy) is 1. The molecule has 0 radical (unpaired) electrons. The molecule has 0 aliphatic heterocycles. The molecule has 17 heavy (non-hydrogen) atoms. The first-order valence-corrected chi connectivity index (χ1v) is 5.21. The maximum atomic E-state index is 13.2. The second-order valence-corrected chi connectivity index (χ2v) is 3.81. The molecule has 4 heteroatoms. The molecule has 0 spiro atoms. The van der Waals surface area contributed by atoms with Gasteiger partial charge in [-0.2, -0.15) is 0 Å².